The van der Waals surface area contributed by atoms with Crippen molar-refractivity contribution in [1.29, 1.82) is 0 Å². The third kappa shape index (κ3) is 4.91. The van der Waals surface area contributed by atoms with Crippen LogP contribution in [0.15, 0.2) is 48.7 Å². The van der Waals surface area contributed by atoms with Gasteiger partial charge in [-0.1, -0.05) is 6.07 Å². The monoisotopic (exact) mass is 395 g/mol. The Kier molecular flexibility index (Phi) is 6.46. The molecule has 0 saturated heterocycles. The number of benzene rings is 1. The molecule has 3 rings (SSSR count). The number of hydrogen-bond donors (Lipinski definition) is 2. The number of fused-ring (bicyclic) bond motifs is 1. The Morgan fingerprint density at radius 2 is 1.86 bits per heavy atom. The van der Waals surface area contributed by atoms with E-state index in [1.807, 2.05) is 32.0 Å². The van der Waals surface area contributed by atoms with Crippen LogP contribution in [-0.4, -0.2) is 59.9 Å². The molecule has 0 radical (unpaired) electrons. The van der Waals surface area contributed by atoms with E-state index in [4.69, 9.17) is 4.74 Å². The first-order valence-electron chi connectivity index (χ1n) is 9.44. The average molecular weight is 395 g/mol. The first kappa shape index (κ1) is 20.3. The predicted octanol–water partition coefficient (Wildman–Crippen LogP) is 2.28. The lowest BCUT2D eigenvalue weighted by atomic mass is 10.3. The number of rotatable bonds is 8. The van der Waals surface area contributed by atoms with Crippen LogP contribution in [0, 0.1) is 0 Å². The predicted molar refractivity (Wildman–Crippen MR) is 112 cm³/mol. The summed E-state index contributed by atoms with van der Waals surface area (Å²) in [6.45, 7) is 3.69. The van der Waals surface area contributed by atoms with Crippen LogP contribution >= 0.6 is 0 Å². The van der Waals surface area contributed by atoms with Crippen molar-refractivity contribution >= 4 is 23.0 Å². The van der Waals surface area contributed by atoms with E-state index in [2.05, 4.69) is 15.6 Å². The van der Waals surface area contributed by atoms with Crippen LogP contribution in [0.4, 0.5) is 5.69 Å². The molecule has 0 spiro atoms. The summed E-state index contributed by atoms with van der Waals surface area (Å²) in [6.07, 6.45) is 1.71. The number of carbonyl (C=O) groups is 2. The molecule has 8 heteroatoms. The molecule has 2 heterocycles. The molecule has 2 aromatic heterocycles. The molecule has 0 aliphatic heterocycles. The molecule has 0 aliphatic rings. The second-order valence-corrected chi connectivity index (χ2v) is 6.71. The van der Waals surface area contributed by atoms with Gasteiger partial charge in [-0.15, -0.1) is 0 Å². The molecule has 1 aromatic carbocycles. The Bertz CT molecular complexity index is 995. The quantitative estimate of drug-likeness (QED) is 0.611. The number of likely N-dealkylation sites (N-methyl/N-ethyl adjacent to an activating group) is 1. The first-order chi connectivity index (χ1) is 14.0. The summed E-state index contributed by atoms with van der Waals surface area (Å²) in [5.41, 5.74) is 1.41. The maximum Gasteiger partial charge on any atom is 0.292 e. The molecule has 0 atom stereocenters. The fourth-order valence-electron chi connectivity index (χ4n) is 2.83. The highest BCUT2D eigenvalue weighted by Gasteiger charge is 2.21. The number of ether oxygens (including phenoxy) is 1. The molecule has 8 nitrogen and oxygen atoms in total. The molecule has 0 unspecified atom stereocenters. The van der Waals surface area contributed by atoms with E-state index in [0.717, 1.165) is 5.75 Å². The number of carbonyl (C=O) groups excluding carboxylic acids is 2. The van der Waals surface area contributed by atoms with E-state index in [0.29, 0.717) is 30.9 Å². The lowest BCUT2D eigenvalue weighted by Gasteiger charge is -2.09. The third-order valence-corrected chi connectivity index (χ3v) is 4.23. The minimum atomic E-state index is -0.400. The van der Waals surface area contributed by atoms with Crippen molar-refractivity contribution in [1.82, 2.24) is 19.6 Å². The van der Waals surface area contributed by atoms with Gasteiger partial charge in [-0.25, -0.2) is 4.98 Å². The zero-order chi connectivity index (χ0) is 20.8. The number of imidazole rings is 1. The van der Waals surface area contributed by atoms with Gasteiger partial charge in [0.25, 0.3) is 11.8 Å². The van der Waals surface area contributed by atoms with Crippen molar-refractivity contribution in [2.24, 2.45) is 0 Å². The van der Waals surface area contributed by atoms with Crippen LogP contribution < -0.4 is 15.4 Å². The van der Waals surface area contributed by atoms with E-state index in [1.165, 1.54) is 0 Å². The molecule has 2 N–H and O–H groups in total. The standard InChI is InChI=1S/C21H25N5O3/c1-4-29-16-10-8-15(9-11-16)23-21(28)19-24-18(17-7-5-6-13-26(17)19)20(27)22-12-14-25(2)3/h5-11,13H,4,12,14H2,1-3H3,(H,22,27)(H,23,28). The Morgan fingerprint density at radius 3 is 2.55 bits per heavy atom. The lowest BCUT2D eigenvalue weighted by molar-refractivity contribution is 0.0948. The summed E-state index contributed by atoms with van der Waals surface area (Å²) < 4.78 is 7.02. The zero-order valence-corrected chi connectivity index (χ0v) is 16.8. The maximum absolute atomic E-state index is 12.8. The highest BCUT2D eigenvalue weighted by Crippen LogP contribution is 2.18. The van der Waals surface area contributed by atoms with Crippen molar-refractivity contribution in [3.8, 4) is 5.75 Å². The highest BCUT2D eigenvalue weighted by atomic mass is 16.5. The van der Waals surface area contributed by atoms with Gasteiger partial charge in [0.05, 0.1) is 12.1 Å². The summed E-state index contributed by atoms with van der Waals surface area (Å²) in [7, 11) is 3.86. The van der Waals surface area contributed by atoms with Gasteiger partial charge in [-0.2, -0.15) is 0 Å². The molecule has 2 amide bonds. The van der Waals surface area contributed by atoms with E-state index in [-0.39, 0.29) is 17.4 Å². The summed E-state index contributed by atoms with van der Waals surface area (Å²) in [4.78, 5) is 31.7. The van der Waals surface area contributed by atoms with Crippen LogP contribution in [0.25, 0.3) is 5.52 Å². The second kappa shape index (κ2) is 9.20. The van der Waals surface area contributed by atoms with Gasteiger partial charge in [-0.3, -0.25) is 14.0 Å². The van der Waals surface area contributed by atoms with Crippen molar-refractivity contribution < 1.29 is 14.3 Å². The van der Waals surface area contributed by atoms with E-state index in [1.54, 1.807) is 47.0 Å². The van der Waals surface area contributed by atoms with Gasteiger partial charge < -0.3 is 20.3 Å². The summed E-state index contributed by atoms with van der Waals surface area (Å²) in [6, 6.07) is 12.4. The van der Waals surface area contributed by atoms with Crippen LogP contribution in [0.1, 0.15) is 28.0 Å². The normalized spacial score (nSPS) is 10.9. The van der Waals surface area contributed by atoms with Crippen LogP contribution in [0.2, 0.25) is 0 Å². The van der Waals surface area contributed by atoms with E-state index >= 15 is 0 Å². The fourth-order valence-corrected chi connectivity index (χ4v) is 2.83. The molecular formula is C21H25N5O3. The number of amides is 2. The van der Waals surface area contributed by atoms with E-state index in [9.17, 15) is 9.59 Å². The summed E-state index contributed by atoms with van der Waals surface area (Å²) in [5, 5.41) is 5.65. The maximum atomic E-state index is 12.8. The number of aromatic nitrogens is 2. The summed E-state index contributed by atoms with van der Waals surface area (Å²) >= 11 is 0. The van der Waals surface area contributed by atoms with Gasteiger partial charge in [0.1, 0.15) is 5.75 Å². The van der Waals surface area contributed by atoms with Gasteiger partial charge in [-0.05, 0) is 57.4 Å². The smallest absolute Gasteiger partial charge is 0.292 e. The van der Waals surface area contributed by atoms with Gasteiger partial charge >= 0.3 is 0 Å². The number of pyridine rings is 1. The van der Waals surface area contributed by atoms with Crippen LogP contribution in [0.5, 0.6) is 5.75 Å². The average Bonchev–Trinajstić information content (AvgIpc) is 3.09. The molecule has 152 valence electrons. The number of nitrogens with one attached hydrogen (secondary N) is 2. The lowest BCUT2D eigenvalue weighted by Crippen LogP contribution is -2.31. The van der Waals surface area contributed by atoms with Crippen molar-refractivity contribution in [2.75, 3.05) is 39.1 Å². The van der Waals surface area contributed by atoms with Gasteiger partial charge in [0.2, 0.25) is 5.82 Å². The zero-order valence-electron chi connectivity index (χ0n) is 16.8. The number of nitrogens with zero attached hydrogens (tertiary/aromatic N) is 3. The van der Waals surface area contributed by atoms with Gasteiger partial charge in [0, 0.05) is 25.0 Å². The molecule has 0 bridgehead atoms. The SMILES string of the molecule is CCOc1ccc(NC(=O)c2nc(C(=O)NCCN(C)C)c3ccccn23)cc1. The number of anilines is 1. The molecule has 0 saturated carbocycles. The van der Waals surface area contributed by atoms with E-state index < -0.39 is 5.91 Å². The largest absolute Gasteiger partial charge is 0.494 e. The van der Waals surface area contributed by atoms with Gasteiger partial charge in [0.15, 0.2) is 5.69 Å². The Hall–Kier alpha value is -3.39. The minimum absolute atomic E-state index is 0.146. The molecule has 29 heavy (non-hydrogen) atoms. The van der Waals surface area contributed by atoms with Crippen LogP contribution in [-0.2, 0) is 0 Å². The van der Waals surface area contributed by atoms with Crippen molar-refractivity contribution in [3.63, 3.8) is 0 Å². The molecule has 3 aromatic rings. The summed E-state index contributed by atoms with van der Waals surface area (Å²) in [5.74, 6) is 0.166. The molecule has 0 aliphatic carbocycles. The Morgan fingerprint density at radius 1 is 1.10 bits per heavy atom. The molecule has 0 fully saturated rings. The van der Waals surface area contributed by atoms with Crippen LogP contribution in [0.3, 0.4) is 0 Å². The second-order valence-electron chi connectivity index (χ2n) is 6.71. The first-order valence-corrected chi connectivity index (χ1v) is 9.44. The third-order valence-electron chi connectivity index (χ3n) is 4.23. The Labute approximate surface area is 169 Å². The topological polar surface area (TPSA) is 88.0 Å². The Balaban J connectivity index is 1.81. The number of hydrogen-bond acceptors (Lipinski definition) is 5. The fraction of sp³-hybridized carbons (Fsp3) is 0.286. The minimum Gasteiger partial charge on any atom is -0.494 e. The van der Waals surface area contributed by atoms with Crippen molar-refractivity contribution in [2.45, 2.75) is 6.92 Å². The van der Waals surface area contributed by atoms with Crippen molar-refractivity contribution in [3.05, 3.63) is 60.2 Å². The highest BCUT2D eigenvalue weighted by molar-refractivity contribution is 6.06. The molecular weight excluding hydrogens is 370 g/mol.